The van der Waals surface area contributed by atoms with Crippen molar-refractivity contribution in [2.75, 3.05) is 22.6 Å². The Morgan fingerprint density at radius 2 is 1.97 bits per heavy atom. The number of hydrogen-bond donors (Lipinski definition) is 2. The van der Waals surface area contributed by atoms with Crippen LogP contribution < -0.4 is 20.3 Å². The van der Waals surface area contributed by atoms with Crippen LogP contribution in [0.3, 0.4) is 0 Å². The van der Waals surface area contributed by atoms with Gasteiger partial charge in [-0.25, -0.2) is 9.97 Å². The van der Waals surface area contributed by atoms with Gasteiger partial charge in [0.05, 0.1) is 47.7 Å². The van der Waals surface area contributed by atoms with Crippen LogP contribution in [0.2, 0.25) is 0 Å². The van der Waals surface area contributed by atoms with Gasteiger partial charge in [0, 0.05) is 37.5 Å². The van der Waals surface area contributed by atoms with Crippen LogP contribution in [0.25, 0.3) is 0 Å². The second kappa shape index (κ2) is 10.3. The molecule has 4 rings (SSSR count). The summed E-state index contributed by atoms with van der Waals surface area (Å²) in [6.45, 7) is 10.8. The van der Waals surface area contributed by atoms with Crippen molar-refractivity contribution in [3.63, 3.8) is 0 Å². The molecule has 0 spiro atoms. The second-order valence-electron chi connectivity index (χ2n) is 9.16. The number of fused-ring (bicyclic) bond motifs is 1. The monoisotopic (exact) mass is 479 g/mol. The number of pyridine rings is 2. The minimum absolute atomic E-state index is 0.0747. The molecule has 10 heteroatoms. The SMILES string of the molecule is Cc1nc(NCc2cnn(Cc3cccc(OC(C)C)n3)c2)cc2c1NC(=O)C(OC(C)C)N2C. The molecule has 1 aliphatic rings. The van der Waals surface area contributed by atoms with Gasteiger partial charge in [-0.3, -0.25) is 9.48 Å². The normalized spacial score (nSPS) is 15.4. The number of rotatable bonds is 9. The molecular weight excluding hydrogens is 446 g/mol. The number of nitrogens with one attached hydrogen (secondary N) is 2. The molecule has 1 amide bonds. The van der Waals surface area contributed by atoms with Crippen molar-refractivity contribution in [3.8, 4) is 5.88 Å². The fourth-order valence-corrected chi connectivity index (χ4v) is 3.87. The number of amides is 1. The first-order chi connectivity index (χ1) is 16.7. The van der Waals surface area contributed by atoms with Gasteiger partial charge in [0.25, 0.3) is 5.91 Å². The van der Waals surface area contributed by atoms with Gasteiger partial charge in [0.15, 0.2) is 0 Å². The number of likely N-dealkylation sites (N-methyl/N-ethyl adjacent to an activating group) is 1. The van der Waals surface area contributed by atoms with E-state index in [2.05, 4.69) is 25.7 Å². The average Bonchev–Trinajstić information content (AvgIpc) is 3.23. The van der Waals surface area contributed by atoms with Crippen LogP contribution in [0.4, 0.5) is 17.2 Å². The highest BCUT2D eigenvalue weighted by Crippen LogP contribution is 2.35. The molecule has 3 aromatic rings. The molecule has 0 saturated carbocycles. The van der Waals surface area contributed by atoms with Crippen molar-refractivity contribution in [2.24, 2.45) is 0 Å². The molecule has 3 aromatic heterocycles. The molecule has 35 heavy (non-hydrogen) atoms. The predicted octanol–water partition coefficient (Wildman–Crippen LogP) is 3.57. The van der Waals surface area contributed by atoms with Gasteiger partial charge in [-0.15, -0.1) is 0 Å². The minimum atomic E-state index is -0.687. The van der Waals surface area contributed by atoms with E-state index in [4.69, 9.17) is 9.47 Å². The maximum absolute atomic E-state index is 12.5. The van der Waals surface area contributed by atoms with Gasteiger partial charge >= 0.3 is 0 Å². The number of carbonyl (C=O) groups is 1. The Labute approximate surface area is 205 Å². The first-order valence-electron chi connectivity index (χ1n) is 11.8. The van der Waals surface area contributed by atoms with Crippen LogP contribution >= 0.6 is 0 Å². The Kier molecular flexibility index (Phi) is 7.20. The zero-order chi connectivity index (χ0) is 25.1. The van der Waals surface area contributed by atoms with E-state index in [0.717, 1.165) is 22.6 Å². The maximum atomic E-state index is 12.5. The quantitative estimate of drug-likeness (QED) is 0.480. The van der Waals surface area contributed by atoms with Gasteiger partial charge in [-0.2, -0.15) is 5.10 Å². The lowest BCUT2D eigenvalue weighted by Crippen LogP contribution is -2.49. The van der Waals surface area contributed by atoms with Crippen molar-refractivity contribution >= 4 is 23.1 Å². The molecule has 2 N–H and O–H groups in total. The highest BCUT2D eigenvalue weighted by atomic mass is 16.5. The number of aryl methyl sites for hydroxylation is 1. The van der Waals surface area contributed by atoms with Crippen LogP contribution in [0.1, 0.15) is 44.6 Å². The number of nitrogens with zero attached hydrogens (tertiary/aromatic N) is 5. The Morgan fingerprint density at radius 1 is 1.17 bits per heavy atom. The van der Waals surface area contributed by atoms with Crippen molar-refractivity contribution in [1.82, 2.24) is 19.7 Å². The number of hydrogen-bond acceptors (Lipinski definition) is 8. The molecule has 1 atom stereocenters. The maximum Gasteiger partial charge on any atom is 0.274 e. The Morgan fingerprint density at radius 3 is 2.71 bits per heavy atom. The molecule has 1 unspecified atom stereocenters. The van der Waals surface area contributed by atoms with Crippen molar-refractivity contribution in [1.29, 1.82) is 0 Å². The van der Waals surface area contributed by atoms with Crippen molar-refractivity contribution in [3.05, 3.63) is 53.6 Å². The van der Waals surface area contributed by atoms with E-state index in [9.17, 15) is 4.79 Å². The number of carbonyl (C=O) groups excluding carboxylic acids is 1. The van der Waals surface area contributed by atoms with E-state index < -0.39 is 6.23 Å². The number of ether oxygens (including phenoxy) is 2. The Balaban J connectivity index is 1.43. The first-order valence-corrected chi connectivity index (χ1v) is 11.8. The van der Waals surface area contributed by atoms with Crippen LogP contribution in [0, 0.1) is 6.92 Å². The lowest BCUT2D eigenvalue weighted by atomic mass is 10.1. The number of anilines is 3. The third-order valence-electron chi connectivity index (χ3n) is 5.41. The smallest absolute Gasteiger partial charge is 0.274 e. The van der Waals surface area contributed by atoms with Gasteiger partial charge in [0.2, 0.25) is 12.1 Å². The fraction of sp³-hybridized carbons (Fsp3) is 0.440. The molecule has 1 aliphatic heterocycles. The highest BCUT2D eigenvalue weighted by Gasteiger charge is 2.33. The summed E-state index contributed by atoms with van der Waals surface area (Å²) in [5.74, 6) is 1.13. The molecule has 4 heterocycles. The molecule has 0 aromatic carbocycles. The molecule has 0 fully saturated rings. The van der Waals surface area contributed by atoms with E-state index >= 15 is 0 Å². The minimum Gasteiger partial charge on any atom is -0.475 e. The molecule has 0 bridgehead atoms. The van der Waals surface area contributed by atoms with Gasteiger partial charge < -0.3 is 25.0 Å². The fourth-order valence-electron chi connectivity index (χ4n) is 3.87. The molecule has 0 aliphatic carbocycles. The third-order valence-corrected chi connectivity index (χ3v) is 5.41. The largest absolute Gasteiger partial charge is 0.475 e. The molecule has 10 nitrogen and oxygen atoms in total. The Bertz CT molecular complexity index is 1190. The predicted molar refractivity (Wildman–Crippen MR) is 135 cm³/mol. The van der Waals surface area contributed by atoms with E-state index in [-0.39, 0.29) is 18.1 Å². The zero-order valence-corrected chi connectivity index (χ0v) is 21.1. The summed E-state index contributed by atoms with van der Waals surface area (Å²) in [4.78, 5) is 23.5. The summed E-state index contributed by atoms with van der Waals surface area (Å²) in [7, 11) is 1.85. The van der Waals surface area contributed by atoms with Gasteiger partial charge in [0.1, 0.15) is 5.82 Å². The van der Waals surface area contributed by atoms with E-state index in [1.807, 2.05) is 87.9 Å². The summed E-state index contributed by atoms with van der Waals surface area (Å²) in [6.07, 6.45) is 3.12. The van der Waals surface area contributed by atoms with Crippen molar-refractivity contribution in [2.45, 2.75) is 66.1 Å². The lowest BCUT2D eigenvalue weighted by Gasteiger charge is -2.36. The first kappa shape index (κ1) is 24.5. The van der Waals surface area contributed by atoms with E-state index in [0.29, 0.717) is 30.5 Å². The highest BCUT2D eigenvalue weighted by molar-refractivity contribution is 6.03. The van der Waals surface area contributed by atoms with Crippen LogP contribution in [-0.4, -0.2) is 51.1 Å². The van der Waals surface area contributed by atoms with Crippen LogP contribution in [0.15, 0.2) is 36.7 Å². The molecule has 0 radical (unpaired) electrons. The van der Waals surface area contributed by atoms with Crippen LogP contribution in [0.5, 0.6) is 5.88 Å². The summed E-state index contributed by atoms with van der Waals surface area (Å²) in [5, 5.41) is 10.8. The van der Waals surface area contributed by atoms with E-state index in [1.165, 1.54) is 0 Å². The molecule has 186 valence electrons. The van der Waals surface area contributed by atoms with Gasteiger partial charge in [-0.05, 0) is 40.7 Å². The average molecular weight is 480 g/mol. The standard InChI is InChI=1S/C25H33N7O3/c1-15(2)34-22-9-7-8-19(29-22)14-32-13-18(12-27-32)11-26-21-10-20-23(17(5)28-21)30-24(33)25(31(20)6)35-16(3)4/h7-10,12-13,15-16,25H,11,14H2,1-6H3,(H,26,28)(H,30,33). The topological polar surface area (TPSA) is 106 Å². The molecular formula is C25H33N7O3. The second-order valence-corrected chi connectivity index (χ2v) is 9.16. The lowest BCUT2D eigenvalue weighted by molar-refractivity contribution is -0.130. The zero-order valence-electron chi connectivity index (χ0n) is 21.1. The van der Waals surface area contributed by atoms with E-state index in [1.54, 1.807) is 0 Å². The molecule has 0 saturated heterocycles. The summed E-state index contributed by atoms with van der Waals surface area (Å²) in [6, 6.07) is 7.67. The summed E-state index contributed by atoms with van der Waals surface area (Å²) < 4.78 is 13.3. The Hall–Kier alpha value is -3.66. The third kappa shape index (κ3) is 5.89. The summed E-state index contributed by atoms with van der Waals surface area (Å²) in [5.41, 5.74) is 4.19. The summed E-state index contributed by atoms with van der Waals surface area (Å²) >= 11 is 0. The number of aromatic nitrogens is 4. The van der Waals surface area contributed by atoms with Crippen molar-refractivity contribution < 1.29 is 14.3 Å². The van der Waals surface area contributed by atoms with Gasteiger partial charge in [-0.1, -0.05) is 6.07 Å². The van der Waals surface area contributed by atoms with Crippen LogP contribution in [-0.2, 0) is 22.6 Å².